The Hall–Kier alpha value is -0.870. The molecule has 0 amide bonds. The third-order valence-corrected chi connectivity index (χ3v) is 3.45. The SMILES string of the molecule is CCOC(=O)C(CCCCO)Cc1cccc(Br)c1. The number of rotatable bonds is 8. The molecule has 0 spiro atoms. The number of hydrogen-bond acceptors (Lipinski definition) is 3. The highest BCUT2D eigenvalue weighted by Crippen LogP contribution is 2.19. The molecule has 0 aromatic heterocycles. The molecule has 1 aromatic rings. The van der Waals surface area contributed by atoms with E-state index in [4.69, 9.17) is 9.84 Å². The molecule has 4 heteroatoms. The van der Waals surface area contributed by atoms with Gasteiger partial charge in [0.1, 0.15) is 0 Å². The van der Waals surface area contributed by atoms with Crippen molar-refractivity contribution in [1.29, 1.82) is 0 Å². The second kappa shape index (κ2) is 9.10. The van der Waals surface area contributed by atoms with Gasteiger partial charge < -0.3 is 9.84 Å². The van der Waals surface area contributed by atoms with Crippen LogP contribution in [0, 0.1) is 5.92 Å². The van der Waals surface area contributed by atoms with E-state index in [1.165, 1.54) is 0 Å². The number of carbonyl (C=O) groups is 1. The monoisotopic (exact) mass is 328 g/mol. The number of esters is 1. The molecule has 1 unspecified atom stereocenters. The Morgan fingerprint density at radius 1 is 1.42 bits per heavy atom. The average molecular weight is 329 g/mol. The van der Waals surface area contributed by atoms with Crippen LogP contribution in [0.15, 0.2) is 28.7 Å². The van der Waals surface area contributed by atoms with Crippen molar-refractivity contribution in [3.05, 3.63) is 34.3 Å². The molecule has 1 aromatic carbocycles. The summed E-state index contributed by atoms with van der Waals surface area (Å²) >= 11 is 3.43. The van der Waals surface area contributed by atoms with Crippen LogP contribution in [0.4, 0.5) is 0 Å². The Bertz CT molecular complexity index is 393. The molecule has 19 heavy (non-hydrogen) atoms. The Balaban J connectivity index is 2.64. The zero-order chi connectivity index (χ0) is 14.1. The van der Waals surface area contributed by atoms with Gasteiger partial charge in [0, 0.05) is 11.1 Å². The van der Waals surface area contributed by atoms with Crippen LogP contribution in [0.25, 0.3) is 0 Å². The van der Waals surface area contributed by atoms with E-state index in [1.54, 1.807) is 0 Å². The van der Waals surface area contributed by atoms with Crippen molar-refractivity contribution in [2.45, 2.75) is 32.6 Å². The second-order valence-electron chi connectivity index (χ2n) is 4.50. The minimum absolute atomic E-state index is 0.124. The summed E-state index contributed by atoms with van der Waals surface area (Å²) in [5, 5.41) is 8.82. The van der Waals surface area contributed by atoms with Crippen LogP contribution in [0.3, 0.4) is 0 Å². The fourth-order valence-electron chi connectivity index (χ4n) is 2.01. The number of benzene rings is 1. The van der Waals surface area contributed by atoms with Crippen LogP contribution < -0.4 is 0 Å². The summed E-state index contributed by atoms with van der Waals surface area (Å²) in [5.74, 6) is -0.263. The lowest BCUT2D eigenvalue weighted by atomic mass is 9.94. The minimum Gasteiger partial charge on any atom is -0.466 e. The molecule has 0 bridgehead atoms. The molecule has 0 radical (unpaired) electrons. The minimum atomic E-state index is -0.139. The zero-order valence-electron chi connectivity index (χ0n) is 11.3. The second-order valence-corrected chi connectivity index (χ2v) is 5.42. The quantitative estimate of drug-likeness (QED) is 0.588. The highest BCUT2D eigenvalue weighted by Gasteiger charge is 2.19. The topological polar surface area (TPSA) is 46.5 Å². The van der Waals surface area contributed by atoms with Crippen LogP contribution in [-0.2, 0) is 16.0 Å². The van der Waals surface area contributed by atoms with Gasteiger partial charge in [-0.05, 0) is 43.9 Å². The van der Waals surface area contributed by atoms with Gasteiger partial charge in [-0.25, -0.2) is 0 Å². The fourth-order valence-corrected chi connectivity index (χ4v) is 2.46. The number of carbonyl (C=O) groups excluding carboxylic acids is 1. The van der Waals surface area contributed by atoms with E-state index in [2.05, 4.69) is 15.9 Å². The van der Waals surface area contributed by atoms with Crippen molar-refractivity contribution in [2.24, 2.45) is 5.92 Å². The van der Waals surface area contributed by atoms with E-state index < -0.39 is 0 Å². The van der Waals surface area contributed by atoms with Crippen LogP contribution >= 0.6 is 15.9 Å². The van der Waals surface area contributed by atoms with Gasteiger partial charge in [-0.1, -0.05) is 34.5 Å². The van der Waals surface area contributed by atoms with Gasteiger partial charge in [-0.3, -0.25) is 4.79 Å². The summed E-state index contributed by atoms with van der Waals surface area (Å²) in [5.41, 5.74) is 1.12. The first-order valence-corrected chi connectivity index (χ1v) is 7.48. The van der Waals surface area contributed by atoms with E-state index >= 15 is 0 Å². The Morgan fingerprint density at radius 3 is 2.84 bits per heavy atom. The molecule has 0 heterocycles. The highest BCUT2D eigenvalue weighted by molar-refractivity contribution is 9.10. The van der Waals surface area contributed by atoms with Crippen molar-refractivity contribution in [2.75, 3.05) is 13.2 Å². The van der Waals surface area contributed by atoms with Crippen molar-refractivity contribution >= 4 is 21.9 Å². The van der Waals surface area contributed by atoms with Crippen LogP contribution in [-0.4, -0.2) is 24.3 Å². The Morgan fingerprint density at radius 2 is 2.21 bits per heavy atom. The number of unbranched alkanes of at least 4 members (excludes halogenated alkanes) is 1. The number of halogens is 1. The van der Waals surface area contributed by atoms with Crippen molar-refractivity contribution in [3.8, 4) is 0 Å². The van der Waals surface area contributed by atoms with Gasteiger partial charge in [0.05, 0.1) is 12.5 Å². The lowest BCUT2D eigenvalue weighted by Crippen LogP contribution is -2.20. The molecule has 1 rings (SSSR count). The summed E-state index contributed by atoms with van der Waals surface area (Å²) in [6, 6.07) is 7.98. The standard InChI is InChI=1S/C15H21BrO3/c1-2-19-15(18)13(7-3-4-9-17)10-12-6-5-8-14(16)11-12/h5-6,8,11,13,17H,2-4,7,9-10H2,1H3. The Labute approximate surface area is 123 Å². The van der Waals surface area contributed by atoms with E-state index in [1.807, 2.05) is 31.2 Å². The summed E-state index contributed by atoms with van der Waals surface area (Å²) in [6.45, 7) is 2.40. The third kappa shape index (κ3) is 6.21. The predicted molar refractivity (Wildman–Crippen MR) is 78.9 cm³/mol. The molecule has 0 aliphatic rings. The van der Waals surface area contributed by atoms with Crippen molar-refractivity contribution in [3.63, 3.8) is 0 Å². The first-order chi connectivity index (χ1) is 9.17. The van der Waals surface area contributed by atoms with Crippen molar-refractivity contribution in [1.82, 2.24) is 0 Å². The van der Waals surface area contributed by atoms with Gasteiger partial charge >= 0.3 is 5.97 Å². The van der Waals surface area contributed by atoms with Crippen molar-refractivity contribution < 1.29 is 14.6 Å². The number of aliphatic hydroxyl groups excluding tert-OH is 1. The lowest BCUT2D eigenvalue weighted by molar-refractivity contribution is -0.148. The Kier molecular flexibility index (Phi) is 7.75. The molecule has 3 nitrogen and oxygen atoms in total. The van der Waals surface area contributed by atoms with Crippen LogP contribution in [0.5, 0.6) is 0 Å². The summed E-state index contributed by atoms with van der Waals surface area (Å²) in [6.07, 6.45) is 3.01. The third-order valence-electron chi connectivity index (χ3n) is 2.95. The van der Waals surface area contributed by atoms with Gasteiger partial charge in [-0.15, -0.1) is 0 Å². The molecule has 106 valence electrons. The lowest BCUT2D eigenvalue weighted by Gasteiger charge is -2.15. The van der Waals surface area contributed by atoms with Crippen LogP contribution in [0.1, 0.15) is 31.7 Å². The highest BCUT2D eigenvalue weighted by atomic mass is 79.9. The maximum absolute atomic E-state index is 11.9. The smallest absolute Gasteiger partial charge is 0.309 e. The van der Waals surface area contributed by atoms with Crippen LogP contribution in [0.2, 0.25) is 0 Å². The van der Waals surface area contributed by atoms with E-state index in [-0.39, 0.29) is 18.5 Å². The first-order valence-electron chi connectivity index (χ1n) is 6.69. The maximum atomic E-state index is 11.9. The molecule has 0 fully saturated rings. The first kappa shape index (κ1) is 16.2. The molecule has 1 atom stereocenters. The molecular formula is C15H21BrO3. The summed E-state index contributed by atoms with van der Waals surface area (Å²) < 4.78 is 6.14. The summed E-state index contributed by atoms with van der Waals surface area (Å²) in [4.78, 5) is 11.9. The molecule has 0 saturated heterocycles. The average Bonchev–Trinajstić information content (AvgIpc) is 2.38. The molecule has 1 N–H and O–H groups in total. The predicted octanol–water partition coefficient (Wildman–Crippen LogP) is 3.33. The van der Waals surface area contributed by atoms with E-state index in [9.17, 15) is 4.79 Å². The molecule has 0 aliphatic heterocycles. The van der Waals surface area contributed by atoms with Gasteiger partial charge in [0.15, 0.2) is 0 Å². The molecular weight excluding hydrogens is 308 g/mol. The zero-order valence-corrected chi connectivity index (χ0v) is 12.9. The largest absolute Gasteiger partial charge is 0.466 e. The van der Waals surface area contributed by atoms with E-state index in [0.717, 1.165) is 29.3 Å². The maximum Gasteiger partial charge on any atom is 0.309 e. The number of hydrogen-bond donors (Lipinski definition) is 1. The summed E-state index contributed by atoms with van der Waals surface area (Å²) in [7, 11) is 0. The van der Waals surface area contributed by atoms with Gasteiger partial charge in [0.2, 0.25) is 0 Å². The molecule has 0 aliphatic carbocycles. The fraction of sp³-hybridized carbons (Fsp3) is 0.533. The van der Waals surface area contributed by atoms with E-state index in [0.29, 0.717) is 13.0 Å². The normalized spacial score (nSPS) is 12.2. The van der Waals surface area contributed by atoms with Gasteiger partial charge in [0.25, 0.3) is 0 Å². The number of aliphatic hydroxyl groups is 1. The molecule has 0 saturated carbocycles. The number of ether oxygens (including phenoxy) is 1. The van der Waals surface area contributed by atoms with Gasteiger partial charge in [-0.2, -0.15) is 0 Å².